The van der Waals surface area contributed by atoms with Crippen LogP contribution in [0.1, 0.15) is 44.2 Å². The van der Waals surface area contributed by atoms with Crippen molar-refractivity contribution in [3.63, 3.8) is 0 Å². The number of hydrogen-bond acceptors (Lipinski definition) is 0. The first kappa shape index (κ1) is 19.3. The standard InChI is InChI=1S/C25H26F2/c1-3-5-6-7-19-10-14-21(15-11-19)23-17-16-22(24(26)25(23)27)20-12-8-18(4-2)9-13-20/h8-17H,3-7H2,1-2H3. The molecule has 0 amide bonds. The van der Waals surface area contributed by atoms with Gasteiger partial charge in [0.1, 0.15) is 0 Å². The third-order valence-corrected chi connectivity index (χ3v) is 5.09. The highest BCUT2D eigenvalue weighted by atomic mass is 19.2. The molecule has 0 bridgehead atoms. The van der Waals surface area contributed by atoms with Crippen molar-refractivity contribution < 1.29 is 8.78 Å². The van der Waals surface area contributed by atoms with E-state index in [9.17, 15) is 8.78 Å². The predicted molar refractivity (Wildman–Crippen MR) is 110 cm³/mol. The molecule has 2 heteroatoms. The number of benzene rings is 3. The molecule has 0 aliphatic rings. The van der Waals surface area contributed by atoms with Crippen molar-refractivity contribution in [1.82, 2.24) is 0 Å². The molecule has 0 fully saturated rings. The number of aryl methyl sites for hydroxylation is 2. The number of hydrogen-bond donors (Lipinski definition) is 0. The third-order valence-electron chi connectivity index (χ3n) is 5.09. The van der Waals surface area contributed by atoms with Crippen molar-refractivity contribution >= 4 is 0 Å². The summed E-state index contributed by atoms with van der Waals surface area (Å²) in [4.78, 5) is 0. The van der Waals surface area contributed by atoms with E-state index in [1.54, 1.807) is 12.1 Å². The average molecular weight is 364 g/mol. The second kappa shape index (κ2) is 8.94. The largest absolute Gasteiger partial charge is 0.203 e. The second-order valence-electron chi connectivity index (χ2n) is 6.99. The minimum absolute atomic E-state index is 0.301. The number of unbranched alkanes of at least 4 members (excludes halogenated alkanes) is 2. The van der Waals surface area contributed by atoms with Crippen LogP contribution in [0.4, 0.5) is 8.78 Å². The van der Waals surface area contributed by atoms with Gasteiger partial charge in [-0.2, -0.15) is 0 Å². The minimum Gasteiger partial charge on any atom is -0.203 e. The fraction of sp³-hybridized carbons (Fsp3) is 0.280. The molecule has 0 aliphatic heterocycles. The van der Waals surface area contributed by atoms with Crippen LogP contribution in [0.5, 0.6) is 0 Å². The zero-order chi connectivity index (χ0) is 19.2. The third kappa shape index (κ3) is 4.44. The quantitative estimate of drug-likeness (QED) is 0.379. The summed E-state index contributed by atoms with van der Waals surface area (Å²) in [6.07, 6.45) is 5.50. The summed E-state index contributed by atoms with van der Waals surface area (Å²) < 4.78 is 29.5. The summed E-state index contributed by atoms with van der Waals surface area (Å²) in [6, 6.07) is 18.7. The Morgan fingerprint density at radius 2 is 1.07 bits per heavy atom. The molecule has 0 heterocycles. The van der Waals surface area contributed by atoms with Crippen LogP contribution in [-0.2, 0) is 12.8 Å². The van der Waals surface area contributed by atoms with Gasteiger partial charge in [-0.3, -0.25) is 0 Å². The number of halogens is 2. The van der Waals surface area contributed by atoms with Crippen molar-refractivity contribution in [3.8, 4) is 22.3 Å². The Kier molecular flexibility index (Phi) is 6.39. The first-order valence-corrected chi connectivity index (χ1v) is 9.80. The van der Waals surface area contributed by atoms with Gasteiger partial charge in [0.15, 0.2) is 11.6 Å². The molecule has 0 N–H and O–H groups in total. The molecule has 140 valence electrons. The summed E-state index contributed by atoms with van der Waals surface area (Å²) in [6.45, 7) is 4.25. The van der Waals surface area contributed by atoms with Gasteiger partial charge in [0, 0.05) is 11.1 Å². The predicted octanol–water partition coefficient (Wildman–Crippen LogP) is 7.59. The number of rotatable bonds is 7. The van der Waals surface area contributed by atoms with E-state index in [4.69, 9.17) is 0 Å². The maximum Gasteiger partial charge on any atom is 0.167 e. The molecule has 0 saturated carbocycles. The van der Waals surface area contributed by atoms with Gasteiger partial charge in [-0.15, -0.1) is 0 Å². The molecule has 0 unspecified atom stereocenters. The van der Waals surface area contributed by atoms with E-state index in [0.717, 1.165) is 19.3 Å². The monoisotopic (exact) mass is 364 g/mol. The van der Waals surface area contributed by atoms with Gasteiger partial charge < -0.3 is 0 Å². The van der Waals surface area contributed by atoms with Crippen LogP contribution in [0, 0.1) is 11.6 Å². The summed E-state index contributed by atoms with van der Waals surface area (Å²) in [5.74, 6) is -1.57. The zero-order valence-electron chi connectivity index (χ0n) is 16.1. The van der Waals surface area contributed by atoms with Gasteiger partial charge >= 0.3 is 0 Å². The fourth-order valence-corrected chi connectivity index (χ4v) is 3.35. The van der Waals surface area contributed by atoms with Crippen molar-refractivity contribution in [2.45, 2.75) is 46.0 Å². The molecular weight excluding hydrogens is 338 g/mol. The van der Waals surface area contributed by atoms with E-state index in [1.165, 1.54) is 24.0 Å². The highest BCUT2D eigenvalue weighted by Crippen LogP contribution is 2.31. The van der Waals surface area contributed by atoms with Crippen LogP contribution in [-0.4, -0.2) is 0 Å². The van der Waals surface area contributed by atoms with Gasteiger partial charge in [0.05, 0.1) is 0 Å². The van der Waals surface area contributed by atoms with E-state index in [1.807, 2.05) is 48.5 Å². The SMILES string of the molecule is CCCCCc1ccc(-c2ccc(-c3ccc(CC)cc3)c(F)c2F)cc1. The Morgan fingerprint density at radius 3 is 1.52 bits per heavy atom. The lowest BCUT2D eigenvalue weighted by Crippen LogP contribution is -1.94. The van der Waals surface area contributed by atoms with E-state index < -0.39 is 11.6 Å². The molecule has 27 heavy (non-hydrogen) atoms. The summed E-state index contributed by atoms with van der Waals surface area (Å²) in [7, 11) is 0. The topological polar surface area (TPSA) is 0 Å². The van der Waals surface area contributed by atoms with Crippen LogP contribution in [0.15, 0.2) is 60.7 Å². The van der Waals surface area contributed by atoms with Crippen LogP contribution < -0.4 is 0 Å². The molecular formula is C25H26F2. The highest BCUT2D eigenvalue weighted by molar-refractivity contribution is 5.72. The Bertz CT molecular complexity index is 877. The first-order valence-electron chi connectivity index (χ1n) is 9.80. The van der Waals surface area contributed by atoms with E-state index >= 15 is 0 Å². The molecule has 3 aromatic rings. The molecule has 0 aromatic heterocycles. The highest BCUT2D eigenvalue weighted by Gasteiger charge is 2.16. The molecule has 0 nitrogen and oxygen atoms in total. The van der Waals surface area contributed by atoms with E-state index in [0.29, 0.717) is 22.3 Å². The Hall–Kier alpha value is -2.48. The van der Waals surface area contributed by atoms with E-state index in [2.05, 4.69) is 13.8 Å². The van der Waals surface area contributed by atoms with Crippen LogP contribution >= 0.6 is 0 Å². The molecule has 3 aromatic carbocycles. The first-order chi connectivity index (χ1) is 13.1. The molecule has 0 radical (unpaired) electrons. The van der Waals surface area contributed by atoms with Gasteiger partial charge in [-0.25, -0.2) is 8.78 Å². The Morgan fingerprint density at radius 1 is 0.593 bits per heavy atom. The van der Waals surface area contributed by atoms with Crippen molar-refractivity contribution in [1.29, 1.82) is 0 Å². The lowest BCUT2D eigenvalue weighted by atomic mass is 9.97. The maximum atomic E-state index is 14.8. The van der Waals surface area contributed by atoms with Crippen LogP contribution in [0.2, 0.25) is 0 Å². The van der Waals surface area contributed by atoms with Crippen LogP contribution in [0.25, 0.3) is 22.3 Å². The van der Waals surface area contributed by atoms with Gasteiger partial charge in [0.2, 0.25) is 0 Å². The molecule has 0 spiro atoms. The van der Waals surface area contributed by atoms with Crippen molar-refractivity contribution in [2.24, 2.45) is 0 Å². The molecule has 0 atom stereocenters. The lowest BCUT2D eigenvalue weighted by Gasteiger charge is -2.10. The van der Waals surface area contributed by atoms with Crippen molar-refractivity contribution in [3.05, 3.63) is 83.4 Å². The minimum atomic E-state index is -0.788. The lowest BCUT2D eigenvalue weighted by molar-refractivity contribution is 0.514. The maximum absolute atomic E-state index is 14.8. The summed E-state index contributed by atoms with van der Waals surface area (Å²) in [5, 5.41) is 0. The molecule has 0 aliphatic carbocycles. The normalized spacial score (nSPS) is 11.0. The zero-order valence-corrected chi connectivity index (χ0v) is 16.1. The molecule has 0 saturated heterocycles. The van der Waals surface area contributed by atoms with Gasteiger partial charge in [-0.1, -0.05) is 87.4 Å². The van der Waals surface area contributed by atoms with Gasteiger partial charge in [-0.05, 0) is 41.5 Å². The van der Waals surface area contributed by atoms with Crippen molar-refractivity contribution in [2.75, 3.05) is 0 Å². The Labute approximate surface area is 160 Å². The van der Waals surface area contributed by atoms with Crippen LogP contribution in [0.3, 0.4) is 0 Å². The Balaban J connectivity index is 1.86. The second-order valence-corrected chi connectivity index (χ2v) is 6.99. The summed E-state index contributed by atoms with van der Waals surface area (Å²) in [5.41, 5.74) is 4.42. The van der Waals surface area contributed by atoms with Gasteiger partial charge in [0.25, 0.3) is 0 Å². The molecule has 3 rings (SSSR count). The van der Waals surface area contributed by atoms with E-state index in [-0.39, 0.29) is 0 Å². The summed E-state index contributed by atoms with van der Waals surface area (Å²) >= 11 is 0. The smallest absolute Gasteiger partial charge is 0.167 e. The average Bonchev–Trinajstić information content (AvgIpc) is 2.71. The fourth-order valence-electron chi connectivity index (χ4n) is 3.35.